The van der Waals surface area contributed by atoms with Crippen LogP contribution in [0.5, 0.6) is 0 Å². The van der Waals surface area contributed by atoms with Crippen LogP contribution in [0.3, 0.4) is 0 Å². The molecule has 5 nitrogen and oxygen atoms in total. The summed E-state index contributed by atoms with van der Waals surface area (Å²) in [6.07, 6.45) is 6.14. The minimum absolute atomic E-state index is 0.151. The number of rotatable bonds is 3. The fraction of sp³-hybridized carbons (Fsp3) is 0.667. The molecule has 20 heavy (non-hydrogen) atoms. The van der Waals surface area contributed by atoms with Gasteiger partial charge in [-0.15, -0.1) is 0 Å². The lowest BCUT2D eigenvalue weighted by Crippen LogP contribution is -2.43. The summed E-state index contributed by atoms with van der Waals surface area (Å²) in [6.45, 7) is 4.02. The van der Waals surface area contributed by atoms with Crippen LogP contribution >= 0.6 is 0 Å². The van der Waals surface area contributed by atoms with Gasteiger partial charge in [-0.2, -0.15) is 0 Å². The van der Waals surface area contributed by atoms with E-state index in [4.69, 9.17) is 5.73 Å². The third-order valence-electron chi connectivity index (χ3n) is 3.95. The molecule has 1 amide bonds. The molecule has 0 bridgehead atoms. The van der Waals surface area contributed by atoms with Crippen LogP contribution in [0.25, 0.3) is 0 Å². The summed E-state index contributed by atoms with van der Waals surface area (Å²) in [5.74, 6) is -0.152. The lowest BCUT2D eigenvalue weighted by Gasteiger charge is -2.22. The summed E-state index contributed by atoms with van der Waals surface area (Å²) in [4.78, 5) is 12.4. The van der Waals surface area contributed by atoms with Crippen LogP contribution < -0.4 is 11.1 Å². The summed E-state index contributed by atoms with van der Waals surface area (Å²) in [5.41, 5.74) is 6.94. The van der Waals surface area contributed by atoms with Crippen LogP contribution in [0.15, 0.2) is 12.3 Å². The van der Waals surface area contributed by atoms with Crippen molar-refractivity contribution in [1.82, 2.24) is 9.88 Å². The quantitative estimate of drug-likeness (QED) is 0.741. The number of aliphatic hydroxyl groups excluding tert-OH is 1. The lowest BCUT2D eigenvalue weighted by molar-refractivity contribution is 0.0809. The van der Waals surface area contributed by atoms with E-state index in [9.17, 15) is 9.90 Å². The van der Waals surface area contributed by atoms with Crippen LogP contribution in [-0.2, 0) is 0 Å². The molecule has 0 aromatic carbocycles. The molecule has 1 aliphatic rings. The fourth-order valence-electron chi connectivity index (χ4n) is 2.81. The molecule has 1 heterocycles. The molecule has 112 valence electrons. The second kappa shape index (κ2) is 6.31. The Labute approximate surface area is 120 Å². The molecule has 1 saturated carbocycles. The number of nitrogens with zero attached hydrogens (tertiary/aromatic N) is 1. The van der Waals surface area contributed by atoms with Gasteiger partial charge in [0.05, 0.1) is 17.8 Å². The van der Waals surface area contributed by atoms with Gasteiger partial charge in [-0.05, 0) is 32.8 Å². The molecule has 1 aromatic rings. The van der Waals surface area contributed by atoms with Crippen molar-refractivity contribution in [2.75, 3.05) is 5.73 Å². The Morgan fingerprint density at radius 3 is 2.80 bits per heavy atom. The lowest BCUT2D eigenvalue weighted by atomic mass is 10.1. The van der Waals surface area contributed by atoms with Crippen molar-refractivity contribution in [2.24, 2.45) is 0 Å². The van der Waals surface area contributed by atoms with Crippen molar-refractivity contribution in [1.29, 1.82) is 0 Å². The van der Waals surface area contributed by atoms with Crippen molar-refractivity contribution in [3.8, 4) is 0 Å². The van der Waals surface area contributed by atoms with E-state index in [1.165, 1.54) is 0 Å². The first kappa shape index (κ1) is 14.9. The molecule has 0 saturated heterocycles. The Morgan fingerprint density at radius 2 is 2.10 bits per heavy atom. The number of nitrogens with one attached hydrogen (secondary N) is 1. The molecular formula is C15H25N3O2. The van der Waals surface area contributed by atoms with E-state index in [2.05, 4.69) is 5.32 Å². The predicted molar refractivity (Wildman–Crippen MR) is 79.6 cm³/mol. The van der Waals surface area contributed by atoms with Gasteiger partial charge in [-0.3, -0.25) is 4.79 Å². The molecule has 0 radical (unpaired) electrons. The Kier molecular flexibility index (Phi) is 4.70. The van der Waals surface area contributed by atoms with E-state index >= 15 is 0 Å². The van der Waals surface area contributed by atoms with Crippen molar-refractivity contribution in [3.63, 3.8) is 0 Å². The molecule has 2 unspecified atom stereocenters. The number of aliphatic hydroxyl groups is 1. The second-order valence-electron chi connectivity index (χ2n) is 5.95. The fourth-order valence-corrected chi connectivity index (χ4v) is 2.81. The molecular weight excluding hydrogens is 254 g/mol. The number of carbonyl (C=O) groups is 1. The number of nitrogen functional groups attached to an aromatic ring is 1. The van der Waals surface area contributed by atoms with Gasteiger partial charge in [0.2, 0.25) is 0 Å². The number of aromatic nitrogens is 1. The normalized spacial score (nSPS) is 23.6. The highest BCUT2D eigenvalue weighted by molar-refractivity contribution is 5.94. The number of carbonyl (C=O) groups excluding carboxylic acids is 1. The molecule has 5 heteroatoms. The number of hydrogen-bond acceptors (Lipinski definition) is 3. The summed E-state index contributed by atoms with van der Waals surface area (Å²) in [5, 5.41) is 13.1. The highest BCUT2D eigenvalue weighted by Gasteiger charge is 2.25. The van der Waals surface area contributed by atoms with E-state index in [1.807, 2.05) is 18.4 Å². The van der Waals surface area contributed by atoms with E-state index in [0.29, 0.717) is 11.4 Å². The molecule has 2 atom stereocenters. The summed E-state index contributed by atoms with van der Waals surface area (Å²) >= 11 is 0. The molecule has 4 N–H and O–H groups in total. The number of amides is 1. The van der Waals surface area contributed by atoms with E-state index in [0.717, 1.165) is 32.1 Å². The first-order valence-corrected chi connectivity index (χ1v) is 7.45. The third-order valence-corrected chi connectivity index (χ3v) is 3.95. The molecule has 2 rings (SSSR count). The third kappa shape index (κ3) is 3.33. The summed E-state index contributed by atoms with van der Waals surface area (Å²) < 4.78 is 1.87. The van der Waals surface area contributed by atoms with Gasteiger partial charge >= 0.3 is 0 Å². The minimum Gasteiger partial charge on any atom is -0.397 e. The van der Waals surface area contributed by atoms with Crippen LogP contribution in [0, 0.1) is 0 Å². The molecule has 0 aliphatic heterocycles. The largest absolute Gasteiger partial charge is 0.397 e. The van der Waals surface area contributed by atoms with Gasteiger partial charge in [0.1, 0.15) is 5.69 Å². The Hall–Kier alpha value is -1.49. The zero-order chi connectivity index (χ0) is 14.7. The Balaban J connectivity index is 2.11. The molecule has 1 fully saturated rings. The van der Waals surface area contributed by atoms with Crippen molar-refractivity contribution < 1.29 is 9.90 Å². The first-order chi connectivity index (χ1) is 9.49. The van der Waals surface area contributed by atoms with Gasteiger partial charge in [-0.25, -0.2) is 0 Å². The summed E-state index contributed by atoms with van der Waals surface area (Å²) in [6, 6.07) is 1.71. The maximum atomic E-state index is 12.4. The number of hydrogen-bond donors (Lipinski definition) is 3. The molecule has 1 aromatic heterocycles. The van der Waals surface area contributed by atoms with Crippen molar-refractivity contribution >= 4 is 11.6 Å². The minimum atomic E-state index is -0.443. The van der Waals surface area contributed by atoms with E-state index in [1.54, 1.807) is 12.3 Å². The van der Waals surface area contributed by atoms with Gasteiger partial charge in [0.25, 0.3) is 5.91 Å². The molecule has 1 aliphatic carbocycles. The van der Waals surface area contributed by atoms with Gasteiger partial charge < -0.3 is 20.7 Å². The zero-order valence-electron chi connectivity index (χ0n) is 12.3. The molecule has 0 spiro atoms. The van der Waals surface area contributed by atoms with Gasteiger partial charge in [0.15, 0.2) is 0 Å². The highest BCUT2D eigenvalue weighted by atomic mass is 16.3. The summed E-state index contributed by atoms with van der Waals surface area (Å²) in [7, 11) is 0. The maximum Gasteiger partial charge on any atom is 0.268 e. The first-order valence-electron chi connectivity index (χ1n) is 7.45. The maximum absolute atomic E-state index is 12.4. The zero-order valence-corrected chi connectivity index (χ0v) is 12.3. The topological polar surface area (TPSA) is 80.3 Å². The van der Waals surface area contributed by atoms with Crippen molar-refractivity contribution in [2.45, 2.75) is 64.1 Å². The second-order valence-corrected chi connectivity index (χ2v) is 5.95. The average molecular weight is 279 g/mol. The number of nitrogens with two attached hydrogens (primary N) is 1. The Morgan fingerprint density at radius 1 is 1.40 bits per heavy atom. The SMILES string of the molecule is CC(C)n1cc(N)cc1C(=O)NC1CCCCCC1O. The van der Waals surface area contributed by atoms with Gasteiger partial charge in [-0.1, -0.05) is 19.3 Å². The Bertz CT molecular complexity index is 468. The standard InChI is InChI=1S/C15H25N3O2/c1-10(2)18-9-11(16)8-13(18)15(20)17-12-6-4-3-5-7-14(12)19/h8-10,12,14,19H,3-7,16H2,1-2H3,(H,17,20). The highest BCUT2D eigenvalue weighted by Crippen LogP contribution is 2.20. The van der Waals surface area contributed by atoms with Gasteiger partial charge in [0, 0.05) is 12.2 Å². The predicted octanol–water partition coefficient (Wildman–Crippen LogP) is 2.07. The average Bonchev–Trinajstić information content (AvgIpc) is 2.68. The monoisotopic (exact) mass is 279 g/mol. The smallest absolute Gasteiger partial charge is 0.268 e. The van der Waals surface area contributed by atoms with Crippen molar-refractivity contribution in [3.05, 3.63) is 18.0 Å². The van der Waals surface area contributed by atoms with Crippen LogP contribution in [0.1, 0.15) is 62.5 Å². The van der Waals surface area contributed by atoms with Crippen LogP contribution in [0.4, 0.5) is 5.69 Å². The number of anilines is 1. The van der Waals surface area contributed by atoms with E-state index in [-0.39, 0.29) is 18.0 Å². The van der Waals surface area contributed by atoms with Crippen LogP contribution in [0.2, 0.25) is 0 Å². The van der Waals surface area contributed by atoms with E-state index < -0.39 is 6.10 Å². The van der Waals surface area contributed by atoms with Crippen LogP contribution in [-0.4, -0.2) is 27.7 Å².